The maximum absolute atomic E-state index is 11.4. The predicted molar refractivity (Wildman–Crippen MR) is 107 cm³/mol. The fraction of sp³-hybridized carbons (Fsp3) is 0.500. The molecule has 0 radical (unpaired) electrons. The number of carbonyl (C=O) groups excluding carboxylic acids is 1. The van der Waals surface area contributed by atoms with E-state index in [1.54, 1.807) is 24.9 Å². The smallest absolute Gasteiger partial charge is 0.219 e. The monoisotopic (exact) mass is 391 g/mol. The van der Waals surface area contributed by atoms with Crippen molar-refractivity contribution in [3.8, 4) is 0 Å². The number of hydrogen-bond acceptors (Lipinski definition) is 6. The van der Waals surface area contributed by atoms with Gasteiger partial charge < -0.3 is 9.88 Å². The number of hydrogen-bond donors (Lipinski definition) is 1. The average Bonchev–Trinajstić information content (AvgIpc) is 3.16. The molecule has 3 heterocycles. The first-order chi connectivity index (χ1) is 12.6. The summed E-state index contributed by atoms with van der Waals surface area (Å²) in [5.41, 5.74) is 2.38. The van der Waals surface area contributed by atoms with E-state index in [-0.39, 0.29) is 5.91 Å². The zero-order valence-corrected chi connectivity index (χ0v) is 16.9. The molecule has 0 aromatic carbocycles. The molecule has 1 fully saturated rings. The third-order valence-corrected chi connectivity index (χ3v) is 6.61. The quantitative estimate of drug-likeness (QED) is 0.732. The van der Waals surface area contributed by atoms with Crippen LogP contribution in [0.15, 0.2) is 34.7 Å². The highest BCUT2D eigenvalue weighted by molar-refractivity contribution is 7.99. The largest absolute Gasteiger partial charge is 0.340 e. The van der Waals surface area contributed by atoms with Crippen LogP contribution in [-0.4, -0.2) is 69.1 Å². The second-order valence-corrected chi connectivity index (χ2v) is 8.36. The van der Waals surface area contributed by atoms with Crippen LogP contribution in [0.25, 0.3) is 0 Å². The van der Waals surface area contributed by atoms with Crippen LogP contribution in [0.2, 0.25) is 0 Å². The van der Waals surface area contributed by atoms with E-state index in [4.69, 9.17) is 0 Å². The minimum Gasteiger partial charge on any atom is -0.340 e. The molecule has 0 spiro atoms. The first-order valence-electron chi connectivity index (χ1n) is 8.81. The molecule has 1 saturated heterocycles. The summed E-state index contributed by atoms with van der Waals surface area (Å²) in [4.78, 5) is 29.0. The number of pyridine rings is 1. The van der Waals surface area contributed by atoms with Gasteiger partial charge in [0.25, 0.3) is 0 Å². The molecule has 26 heavy (non-hydrogen) atoms. The van der Waals surface area contributed by atoms with Gasteiger partial charge in [-0.1, -0.05) is 11.8 Å². The Bertz CT molecular complexity index is 714. The highest BCUT2D eigenvalue weighted by Crippen LogP contribution is 2.27. The zero-order chi connectivity index (χ0) is 18.4. The number of imidazole rings is 1. The topological polar surface area (TPSA) is 65.1 Å². The van der Waals surface area contributed by atoms with Gasteiger partial charge in [-0.3, -0.25) is 14.7 Å². The molecule has 2 aromatic heterocycles. The van der Waals surface area contributed by atoms with Crippen LogP contribution >= 0.6 is 23.5 Å². The molecule has 0 unspecified atom stereocenters. The SMILES string of the molecule is CC(=O)N1CCN(CCSc2ccnc(CSc3ncc[nH]3)c2C)CC1. The minimum absolute atomic E-state index is 0.186. The van der Waals surface area contributed by atoms with E-state index in [1.165, 1.54) is 10.5 Å². The lowest BCUT2D eigenvalue weighted by atomic mass is 10.2. The molecule has 0 bridgehead atoms. The van der Waals surface area contributed by atoms with Crippen molar-refractivity contribution in [2.45, 2.75) is 29.7 Å². The van der Waals surface area contributed by atoms with Crippen molar-refractivity contribution in [3.05, 3.63) is 35.9 Å². The second-order valence-electron chi connectivity index (χ2n) is 6.26. The van der Waals surface area contributed by atoms with Crippen LogP contribution in [-0.2, 0) is 10.5 Å². The number of aromatic nitrogens is 3. The summed E-state index contributed by atoms with van der Waals surface area (Å²) in [7, 11) is 0. The Morgan fingerprint density at radius 1 is 1.19 bits per heavy atom. The van der Waals surface area contributed by atoms with Gasteiger partial charge in [-0.25, -0.2) is 4.98 Å². The van der Waals surface area contributed by atoms with Gasteiger partial charge >= 0.3 is 0 Å². The molecule has 3 rings (SSSR count). The molecule has 0 saturated carbocycles. The van der Waals surface area contributed by atoms with Gasteiger partial charge in [0.2, 0.25) is 5.91 Å². The third kappa shape index (κ3) is 5.25. The molecular formula is C18H25N5OS2. The van der Waals surface area contributed by atoms with E-state index in [9.17, 15) is 4.79 Å². The van der Waals surface area contributed by atoms with E-state index in [1.807, 2.05) is 29.1 Å². The van der Waals surface area contributed by atoms with Crippen molar-refractivity contribution in [1.82, 2.24) is 24.8 Å². The van der Waals surface area contributed by atoms with Gasteiger partial charge in [0.15, 0.2) is 5.16 Å². The minimum atomic E-state index is 0.186. The van der Waals surface area contributed by atoms with Gasteiger partial charge in [0, 0.05) is 74.6 Å². The first kappa shape index (κ1) is 19.3. The predicted octanol–water partition coefficient (Wildman–Crippen LogP) is 2.66. The van der Waals surface area contributed by atoms with E-state index in [0.29, 0.717) is 0 Å². The number of piperazine rings is 1. The number of carbonyl (C=O) groups is 1. The van der Waals surface area contributed by atoms with Crippen molar-refractivity contribution >= 4 is 29.4 Å². The van der Waals surface area contributed by atoms with Crippen molar-refractivity contribution in [3.63, 3.8) is 0 Å². The summed E-state index contributed by atoms with van der Waals surface area (Å²) in [5.74, 6) is 2.06. The molecule has 1 amide bonds. The number of H-pyrrole nitrogens is 1. The van der Waals surface area contributed by atoms with E-state index >= 15 is 0 Å². The molecule has 0 aliphatic carbocycles. The Kier molecular flexibility index (Phi) is 6.99. The fourth-order valence-electron chi connectivity index (χ4n) is 2.90. The third-order valence-electron chi connectivity index (χ3n) is 4.56. The summed E-state index contributed by atoms with van der Waals surface area (Å²) in [5, 5.41) is 0.925. The summed E-state index contributed by atoms with van der Waals surface area (Å²) in [6.45, 7) is 8.50. The van der Waals surface area contributed by atoms with Crippen LogP contribution in [0, 0.1) is 6.92 Å². The summed E-state index contributed by atoms with van der Waals surface area (Å²) < 4.78 is 0. The second kappa shape index (κ2) is 9.43. The summed E-state index contributed by atoms with van der Waals surface area (Å²) in [6, 6.07) is 2.11. The lowest BCUT2D eigenvalue weighted by Crippen LogP contribution is -2.48. The summed E-state index contributed by atoms with van der Waals surface area (Å²) >= 11 is 3.56. The van der Waals surface area contributed by atoms with Crippen LogP contribution in [0.3, 0.4) is 0 Å². The Hall–Kier alpha value is -1.51. The summed E-state index contributed by atoms with van der Waals surface area (Å²) in [6.07, 6.45) is 5.51. The van der Waals surface area contributed by atoms with Gasteiger partial charge in [0.05, 0.1) is 5.69 Å². The molecule has 1 aliphatic rings. The Morgan fingerprint density at radius 3 is 2.69 bits per heavy atom. The molecule has 140 valence electrons. The molecule has 1 N–H and O–H groups in total. The van der Waals surface area contributed by atoms with Gasteiger partial charge in [-0.15, -0.1) is 11.8 Å². The lowest BCUT2D eigenvalue weighted by molar-refractivity contribution is -0.130. The van der Waals surface area contributed by atoms with Gasteiger partial charge in [-0.05, 0) is 18.6 Å². The maximum atomic E-state index is 11.4. The molecular weight excluding hydrogens is 366 g/mol. The van der Waals surface area contributed by atoms with Gasteiger partial charge in [0.1, 0.15) is 0 Å². The van der Waals surface area contributed by atoms with E-state index in [0.717, 1.165) is 55.1 Å². The Morgan fingerprint density at radius 2 is 2.00 bits per heavy atom. The highest BCUT2D eigenvalue weighted by atomic mass is 32.2. The molecule has 6 nitrogen and oxygen atoms in total. The highest BCUT2D eigenvalue weighted by Gasteiger charge is 2.18. The zero-order valence-electron chi connectivity index (χ0n) is 15.3. The molecule has 0 atom stereocenters. The average molecular weight is 392 g/mol. The molecule has 1 aliphatic heterocycles. The van der Waals surface area contributed by atoms with Crippen LogP contribution < -0.4 is 0 Å². The van der Waals surface area contributed by atoms with Crippen molar-refractivity contribution in [2.24, 2.45) is 0 Å². The van der Waals surface area contributed by atoms with Gasteiger partial charge in [-0.2, -0.15) is 0 Å². The number of nitrogens with zero attached hydrogens (tertiary/aromatic N) is 4. The van der Waals surface area contributed by atoms with E-state index < -0.39 is 0 Å². The van der Waals surface area contributed by atoms with Crippen LogP contribution in [0.4, 0.5) is 0 Å². The number of aromatic amines is 1. The Labute approximate surface area is 163 Å². The van der Waals surface area contributed by atoms with Crippen molar-refractivity contribution in [1.29, 1.82) is 0 Å². The van der Waals surface area contributed by atoms with E-state index in [2.05, 4.69) is 32.8 Å². The standard InChI is InChI=1S/C18H25N5OS2/c1-14-16(13-26-18-20-5-6-21-18)19-4-3-17(14)25-12-11-22-7-9-23(10-8-22)15(2)24/h3-6H,7-13H2,1-2H3,(H,20,21). The van der Waals surface area contributed by atoms with Crippen LogP contribution in [0.5, 0.6) is 0 Å². The normalized spacial score (nSPS) is 15.4. The lowest BCUT2D eigenvalue weighted by Gasteiger charge is -2.34. The maximum Gasteiger partial charge on any atom is 0.219 e. The van der Waals surface area contributed by atoms with Crippen LogP contribution in [0.1, 0.15) is 18.2 Å². The Balaban J connectivity index is 1.46. The van der Waals surface area contributed by atoms with Crippen molar-refractivity contribution < 1.29 is 4.79 Å². The van der Waals surface area contributed by atoms with Crippen molar-refractivity contribution in [2.75, 3.05) is 38.5 Å². The number of rotatable bonds is 7. The number of nitrogens with one attached hydrogen (secondary N) is 1. The molecule has 8 heteroatoms. The number of amides is 1. The molecule has 2 aromatic rings. The fourth-order valence-corrected chi connectivity index (χ4v) is 4.81. The first-order valence-corrected chi connectivity index (χ1v) is 10.8. The number of thioether (sulfide) groups is 2.